The first kappa shape index (κ1) is 20.1. The van der Waals surface area contributed by atoms with E-state index in [2.05, 4.69) is 115 Å². The summed E-state index contributed by atoms with van der Waals surface area (Å²) in [6.45, 7) is 0. The number of pyridine rings is 2. The number of fused-ring (bicyclic) bond motifs is 11. The average molecular weight is 539 g/mol. The molecular formula is C35H18N6O+2. The summed E-state index contributed by atoms with van der Waals surface area (Å²) in [7, 11) is 0. The third kappa shape index (κ3) is 1.81. The normalized spacial score (nSPS) is 17.3. The molecule has 7 heteroatoms. The van der Waals surface area contributed by atoms with Crippen molar-refractivity contribution in [2.75, 3.05) is 0 Å². The zero-order valence-electron chi connectivity index (χ0n) is 22.0. The summed E-state index contributed by atoms with van der Waals surface area (Å²) in [6.07, 6.45) is 5.81. The van der Waals surface area contributed by atoms with E-state index < -0.39 is 5.66 Å². The molecule has 1 spiro atoms. The SMILES string of the molecule is c1cc[n+]2c(c1)-n1c3ccccc3c3ccc4c(c31)C21c2c(ccc3c5nccnc5n5c6ccccc6[n+]1c5c23)O4. The minimum Gasteiger partial charge on any atom is -0.456 e. The number of hydrogen-bond acceptors (Lipinski definition) is 3. The highest BCUT2D eigenvalue weighted by Gasteiger charge is 2.65. The van der Waals surface area contributed by atoms with E-state index in [1.165, 1.54) is 21.8 Å². The maximum absolute atomic E-state index is 6.88. The highest BCUT2D eigenvalue weighted by atomic mass is 16.5. The molecule has 0 aliphatic carbocycles. The second kappa shape index (κ2) is 6.24. The summed E-state index contributed by atoms with van der Waals surface area (Å²) in [6, 6.07) is 32.6. The van der Waals surface area contributed by atoms with Gasteiger partial charge in [0.2, 0.25) is 0 Å². The van der Waals surface area contributed by atoms with Gasteiger partial charge in [0.15, 0.2) is 16.6 Å². The van der Waals surface area contributed by atoms with Crippen LogP contribution in [0.2, 0.25) is 0 Å². The van der Waals surface area contributed by atoms with E-state index in [9.17, 15) is 0 Å². The van der Waals surface area contributed by atoms with E-state index in [4.69, 9.17) is 14.7 Å². The third-order valence-electron chi connectivity index (χ3n) is 9.78. The Morgan fingerprint density at radius 2 is 1.48 bits per heavy atom. The van der Waals surface area contributed by atoms with Gasteiger partial charge in [0.25, 0.3) is 11.5 Å². The van der Waals surface area contributed by atoms with Crippen molar-refractivity contribution in [2.45, 2.75) is 5.66 Å². The van der Waals surface area contributed by atoms with Crippen molar-refractivity contribution in [3.63, 3.8) is 0 Å². The lowest BCUT2D eigenvalue weighted by Crippen LogP contribution is -2.75. The van der Waals surface area contributed by atoms with Gasteiger partial charge in [-0.25, -0.2) is 9.97 Å². The molecule has 192 valence electrons. The Morgan fingerprint density at radius 3 is 2.43 bits per heavy atom. The molecule has 3 aliphatic heterocycles. The largest absolute Gasteiger partial charge is 0.456 e. The lowest BCUT2D eigenvalue weighted by atomic mass is 9.83. The number of nitrogens with zero attached hydrogens (tertiary/aromatic N) is 6. The van der Waals surface area contributed by atoms with Gasteiger partial charge in [0.1, 0.15) is 33.7 Å². The van der Waals surface area contributed by atoms with Gasteiger partial charge in [-0.15, -0.1) is 0 Å². The quantitative estimate of drug-likeness (QED) is 0.179. The van der Waals surface area contributed by atoms with Crippen LogP contribution >= 0.6 is 0 Å². The lowest BCUT2D eigenvalue weighted by molar-refractivity contribution is -0.946. The van der Waals surface area contributed by atoms with Crippen LogP contribution in [0.5, 0.6) is 11.5 Å². The van der Waals surface area contributed by atoms with Gasteiger partial charge < -0.3 is 4.74 Å². The minimum absolute atomic E-state index is 0.725. The summed E-state index contributed by atoms with van der Waals surface area (Å²) >= 11 is 0. The van der Waals surface area contributed by atoms with E-state index in [1.54, 1.807) is 12.4 Å². The molecule has 0 saturated heterocycles. The van der Waals surface area contributed by atoms with Crippen LogP contribution in [0.3, 0.4) is 0 Å². The molecule has 5 aromatic heterocycles. The molecule has 42 heavy (non-hydrogen) atoms. The maximum atomic E-state index is 6.88. The Kier molecular flexibility index (Phi) is 2.99. The Labute approximate surface area is 236 Å². The average Bonchev–Trinajstić information content (AvgIpc) is 3.68. The molecule has 12 rings (SSSR count). The van der Waals surface area contributed by atoms with Crippen molar-refractivity contribution in [3.8, 4) is 17.3 Å². The Morgan fingerprint density at radius 1 is 0.690 bits per heavy atom. The molecule has 0 saturated carbocycles. The molecule has 0 fully saturated rings. The summed E-state index contributed by atoms with van der Waals surface area (Å²) in [5.74, 6) is 2.87. The zero-order chi connectivity index (χ0) is 26.9. The van der Waals surface area contributed by atoms with Crippen molar-refractivity contribution in [1.82, 2.24) is 18.9 Å². The van der Waals surface area contributed by atoms with E-state index in [0.717, 1.165) is 67.1 Å². The molecule has 1 atom stereocenters. The van der Waals surface area contributed by atoms with Gasteiger partial charge in [0.05, 0.1) is 11.6 Å². The first-order chi connectivity index (χ1) is 20.9. The number of para-hydroxylation sites is 3. The fourth-order valence-corrected chi connectivity index (χ4v) is 8.47. The highest BCUT2D eigenvalue weighted by Crippen LogP contribution is 2.57. The van der Waals surface area contributed by atoms with Gasteiger partial charge in [-0.05, 0) is 54.6 Å². The first-order valence-electron chi connectivity index (χ1n) is 14.2. The molecule has 7 nitrogen and oxygen atoms in total. The van der Waals surface area contributed by atoms with Crippen molar-refractivity contribution in [2.24, 2.45) is 0 Å². The smallest absolute Gasteiger partial charge is 0.319 e. The second-order valence-corrected chi connectivity index (χ2v) is 11.5. The van der Waals surface area contributed by atoms with Crippen LogP contribution in [0.15, 0.2) is 110 Å². The number of rotatable bonds is 0. The van der Waals surface area contributed by atoms with Crippen LogP contribution in [0.4, 0.5) is 0 Å². The van der Waals surface area contributed by atoms with Crippen LogP contribution in [0.25, 0.3) is 66.2 Å². The molecule has 4 aromatic carbocycles. The maximum Gasteiger partial charge on any atom is 0.319 e. The standard InChI is InChI=1S/C35H18N6O/c1-2-8-22-19(7-1)20-12-14-26-30-32(20)39(22)27-11-5-6-18-38(27)35(30)29-25(42-26)15-13-21-28(29)34-40(33-31(21)36-16-17-37-33)23-9-3-4-10-24(23)41(34)35/h1-18H/q+2. The van der Waals surface area contributed by atoms with Crippen LogP contribution in [-0.2, 0) is 5.66 Å². The van der Waals surface area contributed by atoms with Crippen LogP contribution in [-0.4, -0.2) is 18.9 Å². The predicted molar refractivity (Wildman–Crippen MR) is 158 cm³/mol. The second-order valence-electron chi connectivity index (χ2n) is 11.5. The van der Waals surface area contributed by atoms with Crippen molar-refractivity contribution in [3.05, 3.63) is 121 Å². The molecular weight excluding hydrogens is 520 g/mol. The molecule has 0 radical (unpaired) electrons. The summed E-state index contributed by atoms with van der Waals surface area (Å²) in [5.41, 5.74) is 9.05. The number of hydrogen-bond donors (Lipinski definition) is 0. The lowest BCUT2D eigenvalue weighted by Gasteiger charge is -2.36. The molecule has 8 heterocycles. The van der Waals surface area contributed by atoms with Gasteiger partial charge in [0, 0.05) is 34.6 Å². The minimum atomic E-state index is -0.725. The van der Waals surface area contributed by atoms with Gasteiger partial charge in [-0.3, -0.25) is 0 Å². The molecule has 0 amide bonds. The van der Waals surface area contributed by atoms with E-state index in [-0.39, 0.29) is 0 Å². The van der Waals surface area contributed by atoms with E-state index in [0.29, 0.717) is 0 Å². The number of benzene rings is 4. The third-order valence-corrected chi connectivity index (χ3v) is 9.78. The Bertz CT molecular complexity index is 2790. The van der Waals surface area contributed by atoms with Gasteiger partial charge >= 0.3 is 11.3 Å². The van der Waals surface area contributed by atoms with Crippen LogP contribution in [0, 0.1) is 0 Å². The Hall–Kier alpha value is -5.82. The van der Waals surface area contributed by atoms with Crippen molar-refractivity contribution < 1.29 is 13.9 Å². The first-order valence-corrected chi connectivity index (χ1v) is 14.2. The zero-order valence-corrected chi connectivity index (χ0v) is 22.0. The Balaban J connectivity index is 1.48. The van der Waals surface area contributed by atoms with Gasteiger partial charge in [-0.1, -0.05) is 30.3 Å². The van der Waals surface area contributed by atoms with E-state index >= 15 is 0 Å². The molecule has 3 aliphatic rings. The fraction of sp³-hybridized carbons (Fsp3) is 0.0286. The van der Waals surface area contributed by atoms with Crippen molar-refractivity contribution >= 4 is 60.4 Å². The molecule has 0 bridgehead atoms. The summed E-state index contributed by atoms with van der Waals surface area (Å²) in [4.78, 5) is 9.80. The molecule has 9 aromatic rings. The topological polar surface area (TPSA) is 52.1 Å². The monoisotopic (exact) mass is 538 g/mol. The fourth-order valence-electron chi connectivity index (χ4n) is 8.47. The molecule has 1 unspecified atom stereocenters. The number of imidazole rings is 1. The van der Waals surface area contributed by atoms with Gasteiger partial charge in [-0.2, -0.15) is 18.1 Å². The molecule has 0 N–H and O–H groups in total. The van der Waals surface area contributed by atoms with Crippen LogP contribution < -0.4 is 13.9 Å². The number of ether oxygens (including phenoxy) is 1. The van der Waals surface area contributed by atoms with E-state index in [1.807, 2.05) is 0 Å². The van der Waals surface area contributed by atoms with Crippen LogP contribution in [0.1, 0.15) is 11.1 Å². The van der Waals surface area contributed by atoms with Crippen molar-refractivity contribution in [1.29, 1.82) is 0 Å². The number of aromatic nitrogens is 6. The predicted octanol–water partition coefficient (Wildman–Crippen LogP) is 5.89. The summed E-state index contributed by atoms with van der Waals surface area (Å²) in [5, 5.41) is 4.70. The summed E-state index contributed by atoms with van der Waals surface area (Å²) < 4.78 is 16.6. The highest BCUT2D eigenvalue weighted by molar-refractivity contribution is 6.15.